The van der Waals surface area contributed by atoms with Crippen LogP contribution in [0.25, 0.3) is 0 Å². The Morgan fingerprint density at radius 2 is 1.57 bits per heavy atom. The number of halogens is 2. The van der Waals surface area contributed by atoms with Crippen LogP contribution in [0.1, 0.15) is 33.3 Å². The Kier molecular flexibility index (Phi) is 10.1. The zero-order valence-electron chi connectivity index (χ0n) is 23.0. The number of nitrogens with zero attached hydrogens (tertiary/aromatic N) is 2. The number of anilines is 1. The minimum Gasteiger partial charge on any atom is -0.495 e. The molecule has 0 aliphatic heterocycles. The van der Waals surface area contributed by atoms with Crippen molar-refractivity contribution in [1.29, 1.82) is 0 Å². The quantitative estimate of drug-likeness (QED) is 0.328. The highest BCUT2D eigenvalue weighted by molar-refractivity contribution is 7.92. The fourth-order valence-corrected chi connectivity index (χ4v) is 5.80. The molecule has 3 aromatic carbocycles. The maximum absolute atomic E-state index is 14.0. The van der Waals surface area contributed by atoms with Crippen molar-refractivity contribution in [3.8, 4) is 5.75 Å². The van der Waals surface area contributed by atoms with Crippen LogP contribution >= 0.6 is 23.2 Å². The maximum atomic E-state index is 14.0. The van der Waals surface area contributed by atoms with Gasteiger partial charge in [-0.05, 0) is 69.7 Å². The first-order valence-electron chi connectivity index (χ1n) is 12.5. The van der Waals surface area contributed by atoms with Crippen LogP contribution in [0.15, 0.2) is 77.7 Å². The lowest BCUT2D eigenvalue weighted by Gasteiger charge is -2.33. The number of rotatable bonds is 10. The minimum atomic E-state index is -4.22. The fourth-order valence-electron chi connectivity index (χ4n) is 3.93. The number of benzene rings is 3. The van der Waals surface area contributed by atoms with Crippen LogP contribution in [0.3, 0.4) is 0 Å². The van der Waals surface area contributed by atoms with Crippen LogP contribution in [-0.4, -0.2) is 50.4 Å². The van der Waals surface area contributed by atoms with Gasteiger partial charge in [-0.25, -0.2) is 8.42 Å². The molecule has 0 heterocycles. The number of hydrogen-bond acceptors (Lipinski definition) is 5. The second-order valence-corrected chi connectivity index (χ2v) is 12.8. The Morgan fingerprint density at radius 3 is 2.15 bits per heavy atom. The first kappa shape index (κ1) is 31.3. The van der Waals surface area contributed by atoms with E-state index < -0.39 is 40.0 Å². The van der Waals surface area contributed by atoms with Crippen LogP contribution in [0.4, 0.5) is 5.69 Å². The summed E-state index contributed by atoms with van der Waals surface area (Å²) in [7, 11) is -2.77. The summed E-state index contributed by atoms with van der Waals surface area (Å²) in [4.78, 5) is 28.5. The molecular formula is C29H33Cl2N3O5S. The molecule has 0 unspecified atom stereocenters. The van der Waals surface area contributed by atoms with Gasteiger partial charge >= 0.3 is 0 Å². The zero-order chi connectivity index (χ0) is 29.7. The largest absolute Gasteiger partial charge is 0.495 e. The van der Waals surface area contributed by atoms with E-state index in [1.807, 2.05) is 20.8 Å². The number of methoxy groups -OCH3 is 1. The standard InChI is InChI=1S/C29H33Cl2N3O5S/c1-20(28(36)32-29(2,3)4)33(18-21-11-9-10-14-24(21)30)27(35)19-34(22-15-16-26(39-5)25(31)17-22)40(37,38)23-12-7-6-8-13-23/h6-17,20H,18-19H2,1-5H3,(H,32,36)/t20-/m0/s1. The van der Waals surface area contributed by atoms with Crippen molar-refractivity contribution in [1.82, 2.24) is 10.2 Å². The smallest absolute Gasteiger partial charge is 0.264 e. The molecule has 0 aromatic heterocycles. The highest BCUT2D eigenvalue weighted by atomic mass is 35.5. The molecule has 0 saturated heterocycles. The van der Waals surface area contributed by atoms with Crippen molar-refractivity contribution in [2.45, 2.75) is 50.7 Å². The van der Waals surface area contributed by atoms with Crippen molar-refractivity contribution >= 4 is 50.7 Å². The monoisotopic (exact) mass is 605 g/mol. The van der Waals surface area contributed by atoms with E-state index in [1.54, 1.807) is 49.4 Å². The summed E-state index contributed by atoms with van der Waals surface area (Å²) in [6.07, 6.45) is 0. The van der Waals surface area contributed by atoms with Crippen LogP contribution in [0, 0.1) is 0 Å². The molecule has 0 saturated carbocycles. The molecule has 8 nitrogen and oxygen atoms in total. The van der Waals surface area contributed by atoms with Gasteiger partial charge in [0.1, 0.15) is 18.3 Å². The molecule has 0 spiro atoms. The summed E-state index contributed by atoms with van der Waals surface area (Å²) >= 11 is 12.7. The lowest BCUT2D eigenvalue weighted by atomic mass is 10.1. The second-order valence-electron chi connectivity index (χ2n) is 10.2. The molecule has 0 fully saturated rings. The van der Waals surface area contributed by atoms with E-state index in [4.69, 9.17) is 27.9 Å². The Morgan fingerprint density at radius 1 is 0.950 bits per heavy atom. The van der Waals surface area contributed by atoms with Gasteiger partial charge < -0.3 is 15.0 Å². The van der Waals surface area contributed by atoms with Crippen molar-refractivity contribution in [3.05, 3.63) is 88.4 Å². The zero-order valence-corrected chi connectivity index (χ0v) is 25.3. The van der Waals surface area contributed by atoms with Gasteiger partial charge in [-0.1, -0.05) is 59.6 Å². The van der Waals surface area contributed by atoms with E-state index in [9.17, 15) is 18.0 Å². The third-order valence-corrected chi connectivity index (χ3v) is 8.45. The number of carbonyl (C=O) groups excluding carboxylic acids is 2. The predicted octanol–water partition coefficient (Wildman–Crippen LogP) is 5.53. The van der Waals surface area contributed by atoms with E-state index >= 15 is 0 Å². The summed E-state index contributed by atoms with van der Waals surface area (Å²) in [5.41, 5.74) is 0.220. The van der Waals surface area contributed by atoms with E-state index in [0.29, 0.717) is 16.3 Å². The van der Waals surface area contributed by atoms with Crippen molar-refractivity contribution < 1.29 is 22.7 Å². The molecule has 3 aromatic rings. The molecule has 40 heavy (non-hydrogen) atoms. The van der Waals surface area contributed by atoms with Gasteiger partial charge in [-0.2, -0.15) is 0 Å². The van der Waals surface area contributed by atoms with E-state index in [2.05, 4.69) is 5.32 Å². The van der Waals surface area contributed by atoms with Crippen molar-refractivity contribution in [2.75, 3.05) is 18.0 Å². The summed E-state index contributed by atoms with van der Waals surface area (Å²) < 4.78 is 33.9. The number of nitrogens with one attached hydrogen (secondary N) is 1. The third-order valence-electron chi connectivity index (χ3n) is 6.00. The minimum absolute atomic E-state index is 0.00841. The van der Waals surface area contributed by atoms with Crippen LogP contribution in [0.5, 0.6) is 5.75 Å². The molecule has 214 valence electrons. The molecule has 0 aliphatic carbocycles. The fraction of sp³-hybridized carbons (Fsp3) is 0.310. The molecule has 0 bridgehead atoms. The van der Waals surface area contributed by atoms with Crippen LogP contribution < -0.4 is 14.4 Å². The van der Waals surface area contributed by atoms with Gasteiger partial charge in [-0.15, -0.1) is 0 Å². The summed E-state index contributed by atoms with van der Waals surface area (Å²) in [6.45, 7) is 6.48. The molecule has 11 heteroatoms. The summed E-state index contributed by atoms with van der Waals surface area (Å²) in [6, 6.07) is 18.2. The number of carbonyl (C=O) groups is 2. The molecule has 0 aliphatic rings. The summed E-state index contributed by atoms with van der Waals surface area (Å²) in [5.74, 6) is -0.651. The maximum Gasteiger partial charge on any atom is 0.264 e. The Balaban J connectivity index is 2.07. The average molecular weight is 607 g/mol. The van der Waals surface area contributed by atoms with Crippen LogP contribution in [-0.2, 0) is 26.2 Å². The Bertz CT molecular complexity index is 1460. The number of ether oxygens (including phenoxy) is 1. The lowest BCUT2D eigenvalue weighted by molar-refractivity contribution is -0.140. The highest BCUT2D eigenvalue weighted by Gasteiger charge is 2.33. The SMILES string of the molecule is COc1ccc(N(CC(=O)N(Cc2ccccc2Cl)[C@@H](C)C(=O)NC(C)(C)C)S(=O)(=O)c2ccccc2)cc1Cl. The Hall–Kier alpha value is -3.27. The van der Waals surface area contributed by atoms with Gasteiger partial charge in [0.15, 0.2) is 0 Å². The van der Waals surface area contributed by atoms with Crippen molar-refractivity contribution in [3.63, 3.8) is 0 Å². The number of hydrogen-bond donors (Lipinski definition) is 1. The van der Waals surface area contributed by atoms with E-state index in [1.165, 1.54) is 42.3 Å². The van der Waals surface area contributed by atoms with Crippen molar-refractivity contribution in [2.24, 2.45) is 0 Å². The first-order chi connectivity index (χ1) is 18.7. The normalized spacial score (nSPS) is 12.4. The molecule has 3 rings (SSSR count). The first-order valence-corrected chi connectivity index (χ1v) is 14.7. The lowest BCUT2D eigenvalue weighted by Crippen LogP contribution is -2.54. The van der Waals surface area contributed by atoms with Gasteiger partial charge in [0.25, 0.3) is 10.0 Å². The topological polar surface area (TPSA) is 96.0 Å². The molecule has 1 atom stereocenters. The average Bonchev–Trinajstić information content (AvgIpc) is 2.90. The van der Waals surface area contributed by atoms with Crippen LogP contribution in [0.2, 0.25) is 10.0 Å². The molecular weight excluding hydrogens is 573 g/mol. The molecule has 1 N–H and O–H groups in total. The van der Waals surface area contributed by atoms with Gasteiger partial charge in [0.05, 0.1) is 22.7 Å². The van der Waals surface area contributed by atoms with E-state index in [-0.39, 0.29) is 22.2 Å². The number of sulfonamides is 1. The van der Waals surface area contributed by atoms with Gasteiger partial charge in [-0.3, -0.25) is 13.9 Å². The number of amides is 2. The predicted molar refractivity (Wildman–Crippen MR) is 158 cm³/mol. The highest BCUT2D eigenvalue weighted by Crippen LogP contribution is 2.32. The third kappa shape index (κ3) is 7.68. The van der Waals surface area contributed by atoms with E-state index in [0.717, 1.165) is 4.31 Å². The van der Waals surface area contributed by atoms with Gasteiger partial charge in [0, 0.05) is 17.1 Å². The van der Waals surface area contributed by atoms with Gasteiger partial charge in [0.2, 0.25) is 11.8 Å². The summed E-state index contributed by atoms with van der Waals surface area (Å²) in [5, 5.41) is 3.48. The molecule has 2 amide bonds. The Labute approximate surface area is 245 Å². The molecule has 0 radical (unpaired) electrons. The second kappa shape index (κ2) is 12.9.